The average molecular weight is 309 g/mol. The van der Waals surface area contributed by atoms with Gasteiger partial charge in [-0.05, 0) is 30.7 Å². The number of carbonyl (C=O) groups excluding carboxylic acids is 1. The number of halogens is 1. The Hall–Kier alpha value is -1.78. The van der Waals surface area contributed by atoms with Gasteiger partial charge in [-0.3, -0.25) is 4.79 Å². The molecule has 0 radical (unpaired) electrons. The zero-order valence-corrected chi connectivity index (χ0v) is 13.6. The number of hydrogen-bond acceptors (Lipinski definition) is 3. The van der Waals surface area contributed by atoms with Crippen LogP contribution in [0.2, 0.25) is 0 Å². The molecule has 22 heavy (non-hydrogen) atoms. The van der Waals surface area contributed by atoms with Crippen molar-refractivity contribution in [3.8, 4) is 11.5 Å². The molecule has 2 unspecified atom stereocenters. The number of carbonyl (C=O) groups is 1. The highest BCUT2D eigenvalue weighted by Gasteiger charge is 2.30. The fraction of sp³-hybridized carbons (Fsp3) is 0.588. The molecule has 5 heteroatoms. The van der Waals surface area contributed by atoms with E-state index in [1.165, 1.54) is 32.8 Å². The molecular weight excluding hydrogens is 285 g/mol. The second-order valence-corrected chi connectivity index (χ2v) is 6.07. The Balaban J connectivity index is 2.22. The van der Waals surface area contributed by atoms with Gasteiger partial charge < -0.3 is 14.8 Å². The van der Waals surface area contributed by atoms with E-state index in [1.54, 1.807) is 0 Å². The summed E-state index contributed by atoms with van der Waals surface area (Å²) in [6, 6.07) is 2.65. The Morgan fingerprint density at radius 3 is 2.23 bits per heavy atom. The molecule has 0 aliphatic heterocycles. The lowest BCUT2D eigenvalue weighted by Gasteiger charge is -2.35. The molecule has 0 bridgehead atoms. The van der Waals surface area contributed by atoms with E-state index in [4.69, 9.17) is 9.47 Å². The van der Waals surface area contributed by atoms with Crippen LogP contribution in [0.1, 0.15) is 43.5 Å². The Labute approximate surface area is 131 Å². The minimum Gasteiger partial charge on any atom is -0.493 e. The van der Waals surface area contributed by atoms with Crippen LogP contribution < -0.4 is 14.8 Å². The van der Waals surface area contributed by atoms with Gasteiger partial charge in [0.05, 0.1) is 19.8 Å². The van der Waals surface area contributed by atoms with E-state index >= 15 is 0 Å². The topological polar surface area (TPSA) is 47.6 Å². The van der Waals surface area contributed by atoms with Crippen molar-refractivity contribution >= 4 is 5.91 Å². The quantitative estimate of drug-likeness (QED) is 0.927. The number of amides is 1. The van der Waals surface area contributed by atoms with Gasteiger partial charge in [-0.2, -0.15) is 0 Å². The summed E-state index contributed by atoms with van der Waals surface area (Å²) < 4.78 is 24.3. The Bertz CT molecular complexity index is 537. The number of rotatable bonds is 4. The molecule has 122 valence electrons. The molecule has 1 N–H and O–H groups in total. The van der Waals surface area contributed by atoms with Gasteiger partial charge in [0.25, 0.3) is 5.91 Å². The third-order valence-corrected chi connectivity index (χ3v) is 4.56. The minimum atomic E-state index is -0.605. The SMILES string of the molecule is COc1cc(F)c(C(=O)NC2C(C)CCCC2C)cc1OC. The van der Waals surface area contributed by atoms with Crippen LogP contribution in [0.3, 0.4) is 0 Å². The average Bonchev–Trinajstić information content (AvgIpc) is 2.50. The zero-order valence-electron chi connectivity index (χ0n) is 13.6. The number of methoxy groups -OCH3 is 2. The van der Waals surface area contributed by atoms with E-state index in [0.29, 0.717) is 17.6 Å². The lowest BCUT2D eigenvalue weighted by molar-refractivity contribution is 0.0876. The molecule has 4 nitrogen and oxygen atoms in total. The molecule has 1 aliphatic carbocycles. The summed E-state index contributed by atoms with van der Waals surface area (Å²) in [4.78, 5) is 12.4. The smallest absolute Gasteiger partial charge is 0.254 e. The van der Waals surface area contributed by atoms with E-state index < -0.39 is 11.7 Å². The molecule has 0 aromatic heterocycles. The van der Waals surface area contributed by atoms with E-state index in [9.17, 15) is 9.18 Å². The maximum absolute atomic E-state index is 14.2. The highest BCUT2D eigenvalue weighted by atomic mass is 19.1. The van der Waals surface area contributed by atoms with Gasteiger partial charge in [-0.15, -0.1) is 0 Å². The standard InChI is InChI=1S/C17H24FNO3/c1-10-6-5-7-11(2)16(10)19-17(20)12-8-14(21-3)15(22-4)9-13(12)18/h8-11,16H,5-7H2,1-4H3,(H,19,20). The molecule has 1 aromatic rings. The first kappa shape index (κ1) is 16.6. The van der Waals surface area contributed by atoms with Crippen LogP contribution in [-0.4, -0.2) is 26.2 Å². The van der Waals surface area contributed by atoms with Gasteiger partial charge in [0.15, 0.2) is 11.5 Å². The Morgan fingerprint density at radius 2 is 1.68 bits per heavy atom. The number of nitrogens with one attached hydrogen (secondary N) is 1. The van der Waals surface area contributed by atoms with Crippen molar-refractivity contribution in [2.75, 3.05) is 14.2 Å². The molecule has 1 aliphatic rings. The molecule has 0 heterocycles. The summed E-state index contributed by atoms with van der Waals surface area (Å²) in [6.07, 6.45) is 3.35. The van der Waals surface area contributed by atoms with E-state index in [2.05, 4.69) is 19.2 Å². The van der Waals surface area contributed by atoms with Crippen LogP contribution in [0.5, 0.6) is 11.5 Å². The summed E-state index contributed by atoms with van der Waals surface area (Å²) in [6.45, 7) is 4.26. The van der Waals surface area contributed by atoms with Crippen LogP contribution in [0.25, 0.3) is 0 Å². The highest BCUT2D eigenvalue weighted by molar-refractivity contribution is 5.95. The van der Waals surface area contributed by atoms with Crippen LogP contribution >= 0.6 is 0 Å². The minimum absolute atomic E-state index is 0.0115. The van der Waals surface area contributed by atoms with Gasteiger partial charge in [-0.1, -0.05) is 20.3 Å². The van der Waals surface area contributed by atoms with Crippen molar-refractivity contribution in [3.05, 3.63) is 23.5 Å². The molecule has 0 saturated heterocycles. The lowest BCUT2D eigenvalue weighted by Crippen LogP contribution is -2.46. The number of hydrogen-bond donors (Lipinski definition) is 1. The molecule has 1 saturated carbocycles. The van der Waals surface area contributed by atoms with Gasteiger partial charge in [-0.25, -0.2) is 4.39 Å². The van der Waals surface area contributed by atoms with Crippen molar-refractivity contribution in [1.82, 2.24) is 5.32 Å². The van der Waals surface area contributed by atoms with E-state index in [0.717, 1.165) is 12.8 Å². The molecule has 1 aromatic carbocycles. The summed E-state index contributed by atoms with van der Waals surface area (Å²) in [5, 5.41) is 2.99. The fourth-order valence-electron chi connectivity index (χ4n) is 3.22. The third-order valence-electron chi connectivity index (χ3n) is 4.56. The molecule has 2 rings (SSSR count). The van der Waals surface area contributed by atoms with Gasteiger partial charge in [0.2, 0.25) is 0 Å². The second-order valence-electron chi connectivity index (χ2n) is 6.07. The largest absolute Gasteiger partial charge is 0.493 e. The van der Waals surface area contributed by atoms with Crippen molar-refractivity contribution in [2.45, 2.75) is 39.2 Å². The normalized spacial score (nSPS) is 24.7. The Kier molecular flexibility index (Phi) is 5.27. The first-order valence-corrected chi connectivity index (χ1v) is 7.70. The molecule has 1 fully saturated rings. The highest BCUT2D eigenvalue weighted by Crippen LogP contribution is 2.31. The van der Waals surface area contributed by atoms with Crippen molar-refractivity contribution in [1.29, 1.82) is 0 Å². The first-order chi connectivity index (χ1) is 10.5. The maximum atomic E-state index is 14.2. The summed E-state index contributed by atoms with van der Waals surface area (Å²) in [5.41, 5.74) is -0.0115. The summed E-state index contributed by atoms with van der Waals surface area (Å²) >= 11 is 0. The van der Waals surface area contributed by atoms with Crippen molar-refractivity contribution < 1.29 is 18.7 Å². The van der Waals surface area contributed by atoms with Crippen molar-refractivity contribution in [2.24, 2.45) is 11.8 Å². The Morgan fingerprint density at radius 1 is 1.14 bits per heavy atom. The molecule has 1 amide bonds. The third kappa shape index (κ3) is 3.34. The van der Waals surface area contributed by atoms with Gasteiger partial charge in [0.1, 0.15) is 5.82 Å². The predicted molar refractivity (Wildman–Crippen MR) is 82.9 cm³/mol. The van der Waals surface area contributed by atoms with Crippen LogP contribution in [0.15, 0.2) is 12.1 Å². The van der Waals surface area contributed by atoms with Crippen LogP contribution in [0.4, 0.5) is 4.39 Å². The summed E-state index contributed by atoms with van der Waals surface area (Å²) in [7, 11) is 2.89. The lowest BCUT2D eigenvalue weighted by atomic mass is 9.78. The predicted octanol–water partition coefficient (Wildman–Crippen LogP) is 3.40. The fourth-order valence-corrected chi connectivity index (χ4v) is 3.22. The maximum Gasteiger partial charge on any atom is 0.254 e. The van der Waals surface area contributed by atoms with E-state index in [1.807, 2.05) is 0 Å². The monoisotopic (exact) mass is 309 g/mol. The van der Waals surface area contributed by atoms with E-state index in [-0.39, 0.29) is 17.4 Å². The number of benzene rings is 1. The second kappa shape index (κ2) is 6.99. The zero-order chi connectivity index (χ0) is 16.3. The molecule has 2 atom stereocenters. The first-order valence-electron chi connectivity index (χ1n) is 7.70. The van der Waals surface area contributed by atoms with Crippen LogP contribution in [0, 0.1) is 17.7 Å². The number of ether oxygens (including phenoxy) is 2. The molecular formula is C17H24FNO3. The van der Waals surface area contributed by atoms with Gasteiger partial charge >= 0.3 is 0 Å². The summed E-state index contributed by atoms with van der Waals surface area (Å²) in [5.74, 6) is 0.414. The molecule has 0 spiro atoms. The van der Waals surface area contributed by atoms with Crippen LogP contribution in [-0.2, 0) is 0 Å². The van der Waals surface area contributed by atoms with Crippen molar-refractivity contribution in [3.63, 3.8) is 0 Å². The van der Waals surface area contributed by atoms with Gasteiger partial charge in [0, 0.05) is 12.1 Å².